The van der Waals surface area contributed by atoms with Gasteiger partial charge in [0.05, 0.1) is 29.6 Å². The molecule has 0 aromatic carbocycles. The topological polar surface area (TPSA) is 96.4 Å². The summed E-state index contributed by atoms with van der Waals surface area (Å²) < 4.78 is 25.0. The van der Waals surface area contributed by atoms with Gasteiger partial charge in [0.15, 0.2) is 5.75 Å². The Bertz CT molecular complexity index is 396. The first-order valence-electron chi connectivity index (χ1n) is 3.89. The molecule has 5 nitrogen and oxygen atoms in total. The number of carboxylic acid groups (broad SMARTS) is 1. The average Bonchev–Trinajstić information content (AvgIpc) is 2.10. The van der Waals surface area contributed by atoms with Crippen LogP contribution in [-0.2, 0) is 11.2 Å². The van der Waals surface area contributed by atoms with E-state index < -0.39 is 35.8 Å². The van der Waals surface area contributed by atoms with Crippen molar-refractivity contribution in [1.82, 2.24) is 4.98 Å². The maximum atomic E-state index is 12.5. The molecule has 0 amide bonds. The molecule has 0 aliphatic rings. The van der Waals surface area contributed by atoms with E-state index in [-0.39, 0.29) is 5.69 Å². The molecule has 0 bridgehead atoms. The predicted octanol–water partition coefficient (Wildman–Crippen LogP) is 0.934. The molecule has 1 aromatic rings. The van der Waals surface area contributed by atoms with Gasteiger partial charge >= 0.3 is 5.97 Å². The molecule has 82 valence electrons. The summed E-state index contributed by atoms with van der Waals surface area (Å²) in [6.45, 7) is 0. The zero-order valence-electron chi connectivity index (χ0n) is 7.44. The van der Waals surface area contributed by atoms with Gasteiger partial charge in [-0.15, -0.1) is 0 Å². The molecule has 0 saturated carbocycles. The second-order valence-corrected chi connectivity index (χ2v) is 2.79. The highest BCUT2D eigenvalue weighted by atomic mass is 19.3. The number of nitrogens with zero attached hydrogens (tertiary/aromatic N) is 1. The number of aromatic nitrogens is 1. The fourth-order valence-electron chi connectivity index (χ4n) is 1.10. The largest absolute Gasteiger partial charge is 0.504 e. The monoisotopic (exact) mass is 218 g/mol. The third-order valence-electron chi connectivity index (χ3n) is 1.76. The second-order valence-electron chi connectivity index (χ2n) is 2.79. The van der Waals surface area contributed by atoms with E-state index in [2.05, 4.69) is 4.98 Å². The highest BCUT2D eigenvalue weighted by Gasteiger charge is 2.21. The molecule has 1 rings (SSSR count). The van der Waals surface area contributed by atoms with E-state index in [0.29, 0.717) is 0 Å². The third kappa shape index (κ3) is 2.30. The van der Waals surface area contributed by atoms with Crippen molar-refractivity contribution < 1.29 is 23.8 Å². The molecule has 0 saturated heterocycles. The van der Waals surface area contributed by atoms with Gasteiger partial charge in [0.2, 0.25) is 0 Å². The molecule has 7 heteroatoms. The first-order valence-corrected chi connectivity index (χ1v) is 3.89. The maximum Gasteiger partial charge on any atom is 0.309 e. The van der Waals surface area contributed by atoms with Gasteiger partial charge in [0.25, 0.3) is 6.43 Å². The number of carbonyl (C=O) groups is 1. The van der Waals surface area contributed by atoms with Crippen molar-refractivity contribution in [3.63, 3.8) is 0 Å². The number of alkyl halides is 2. The minimum absolute atomic E-state index is 0.340. The van der Waals surface area contributed by atoms with Gasteiger partial charge in [-0.3, -0.25) is 9.78 Å². The zero-order valence-corrected chi connectivity index (χ0v) is 7.44. The van der Waals surface area contributed by atoms with Gasteiger partial charge in [0, 0.05) is 0 Å². The van der Waals surface area contributed by atoms with Gasteiger partial charge < -0.3 is 15.9 Å². The normalized spacial score (nSPS) is 10.6. The van der Waals surface area contributed by atoms with Crippen molar-refractivity contribution in [1.29, 1.82) is 0 Å². The van der Waals surface area contributed by atoms with Crippen LogP contribution in [0.5, 0.6) is 5.75 Å². The molecular weight excluding hydrogens is 210 g/mol. The van der Waals surface area contributed by atoms with Crippen LogP contribution in [-0.4, -0.2) is 21.2 Å². The van der Waals surface area contributed by atoms with Gasteiger partial charge in [-0.1, -0.05) is 0 Å². The Balaban J connectivity index is 3.26. The van der Waals surface area contributed by atoms with E-state index >= 15 is 0 Å². The average molecular weight is 218 g/mol. The van der Waals surface area contributed by atoms with Crippen LogP contribution < -0.4 is 5.73 Å². The molecule has 1 aromatic heterocycles. The second kappa shape index (κ2) is 4.07. The maximum absolute atomic E-state index is 12.5. The molecule has 0 aliphatic carbocycles. The lowest BCUT2D eigenvalue weighted by Crippen LogP contribution is -2.09. The summed E-state index contributed by atoms with van der Waals surface area (Å²) >= 11 is 0. The molecule has 0 fully saturated rings. The van der Waals surface area contributed by atoms with Gasteiger partial charge in [0.1, 0.15) is 0 Å². The number of halogens is 2. The standard InChI is InChI=1S/C8H8F2N2O3/c9-8(10)6-3(1-5(14)15)12-2-4(13)7(6)11/h2,8,13H,1H2,(H2,11,12)(H,14,15). The number of anilines is 1. The molecule has 4 N–H and O–H groups in total. The quantitative estimate of drug-likeness (QED) is 0.701. The highest BCUT2D eigenvalue weighted by Crippen LogP contribution is 2.33. The Morgan fingerprint density at radius 3 is 2.67 bits per heavy atom. The lowest BCUT2D eigenvalue weighted by Gasteiger charge is -2.10. The Kier molecular flexibility index (Phi) is 3.03. The first kappa shape index (κ1) is 11.2. The Hall–Kier alpha value is -1.92. The Morgan fingerprint density at radius 2 is 2.20 bits per heavy atom. The van der Waals surface area contributed by atoms with Crippen LogP contribution in [0.25, 0.3) is 0 Å². The van der Waals surface area contributed by atoms with Crippen LogP contribution in [0.3, 0.4) is 0 Å². The number of hydrogen-bond acceptors (Lipinski definition) is 4. The summed E-state index contributed by atoms with van der Waals surface area (Å²) in [5.74, 6) is -1.88. The van der Waals surface area contributed by atoms with Crippen molar-refractivity contribution >= 4 is 11.7 Å². The van der Waals surface area contributed by atoms with E-state index in [9.17, 15) is 13.6 Å². The van der Waals surface area contributed by atoms with Gasteiger partial charge in [-0.2, -0.15) is 0 Å². The molecule has 0 unspecified atom stereocenters. The van der Waals surface area contributed by atoms with Crippen molar-refractivity contribution in [2.45, 2.75) is 12.8 Å². The molecule has 0 atom stereocenters. The highest BCUT2D eigenvalue weighted by molar-refractivity contribution is 5.72. The van der Waals surface area contributed by atoms with Crippen LogP contribution in [0, 0.1) is 0 Å². The van der Waals surface area contributed by atoms with Crippen LogP contribution in [0.4, 0.5) is 14.5 Å². The summed E-state index contributed by atoms with van der Waals surface area (Å²) in [4.78, 5) is 13.8. The molecule has 0 aliphatic heterocycles. The number of nitrogen functional groups attached to an aromatic ring is 1. The van der Waals surface area contributed by atoms with E-state index in [1.54, 1.807) is 0 Å². The number of rotatable bonds is 3. The molecule has 1 heterocycles. The van der Waals surface area contributed by atoms with Crippen LogP contribution in [0.1, 0.15) is 17.7 Å². The van der Waals surface area contributed by atoms with Crippen molar-refractivity contribution in [2.75, 3.05) is 5.73 Å². The molecule has 15 heavy (non-hydrogen) atoms. The van der Waals surface area contributed by atoms with Crippen LogP contribution in [0.2, 0.25) is 0 Å². The lowest BCUT2D eigenvalue weighted by atomic mass is 10.1. The predicted molar refractivity (Wildman–Crippen MR) is 46.6 cm³/mol. The summed E-state index contributed by atoms with van der Waals surface area (Å²) in [6, 6.07) is 0. The minimum atomic E-state index is -2.97. The Labute approximate surface area is 83.2 Å². The smallest absolute Gasteiger partial charge is 0.309 e. The Morgan fingerprint density at radius 1 is 1.60 bits per heavy atom. The summed E-state index contributed by atoms with van der Waals surface area (Å²) in [5.41, 5.74) is 3.60. The third-order valence-corrected chi connectivity index (χ3v) is 1.76. The van der Waals surface area contributed by atoms with Crippen molar-refractivity contribution in [3.8, 4) is 5.75 Å². The fourth-order valence-corrected chi connectivity index (χ4v) is 1.10. The van der Waals surface area contributed by atoms with Crippen LogP contribution in [0.15, 0.2) is 6.20 Å². The number of aliphatic carboxylic acids is 1. The first-order chi connectivity index (χ1) is 6.93. The molecular formula is C8H8F2N2O3. The number of carboxylic acids is 1. The summed E-state index contributed by atoms with van der Waals surface area (Å²) in [7, 11) is 0. The molecule has 0 spiro atoms. The number of hydrogen-bond donors (Lipinski definition) is 3. The van der Waals surface area contributed by atoms with Crippen LogP contribution >= 0.6 is 0 Å². The fraction of sp³-hybridized carbons (Fsp3) is 0.250. The van der Waals surface area contributed by atoms with Crippen molar-refractivity contribution in [2.24, 2.45) is 0 Å². The van der Waals surface area contributed by atoms with E-state index in [1.165, 1.54) is 0 Å². The van der Waals surface area contributed by atoms with E-state index in [0.717, 1.165) is 6.20 Å². The minimum Gasteiger partial charge on any atom is -0.504 e. The number of aromatic hydroxyl groups is 1. The SMILES string of the molecule is Nc1c(O)cnc(CC(=O)O)c1C(F)F. The number of pyridine rings is 1. The van der Waals surface area contributed by atoms with E-state index in [4.69, 9.17) is 15.9 Å². The zero-order chi connectivity index (χ0) is 11.6. The van der Waals surface area contributed by atoms with Gasteiger partial charge in [-0.25, -0.2) is 8.78 Å². The van der Waals surface area contributed by atoms with Crippen molar-refractivity contribution in [3.05, 3.63) is 17.5 Å². The van der Waals surface area contributed by atoms with E-state index in [1.807, 2.05) is 0 Å². The molecule has 0 radical (unpaired) electrons. The summed E-state index contributed by atoms with van der Waals surface area (Å²) in [5, 5.41) is 17.5. The summed E-state index contributed by atoms with van der Waals surface area (Å²) in [6.07, 6.45) is -2.79. The lowest BCUT2D eigenvalue weighted by molar-refractivity contribution is -0.136. The van der Waals surface area contributed by atoms with Gasteiger partial charge in [-0.05, 0) is 0 Å². The number of nitrogens with two attached hydrogens (primary N) is 1.